The molecule has 0 amide bonds. The zero-order valence-corrected chi connectivity index (χ0v) is 8.50. The van der Waals surface area contributed by atoms with Crippen LogP contribution in [0.3, 0.4) is 0 Å². The predicted octanol–water partition coefficient (Wildman–Crippen LogP) is 3.88. The summed E-state index contributed by atoms with van der Waals surface area (Å²) >= 11 is 0. The number of hydrogen-bond acceptors (Lipinski definition) is 0. The molecule has 0 atom stereocenters. The highest BCUT2D eigenvalue weighted by molar-refractivity contribution is 5.40. The van der Waals surface area contributed by atoms with Gasteiger partial charge in [0, 0.05) is 0 Å². The van der Waals surface area contributed by atoms with Gasteiger partial charge in [-0.05, 0) is 31.4 Å². The van der Waals surface area contributed by atoms with Crippen LogP contribution in [-0.2, 0) is 12.6 Å². The van der Waals surface area contributed by atoms with Crippen LogP contribution in [0, 0.1) is 13.8 Å². The standard InChI is InChI=1S/C11H13F3/c1-4-9-6-7(2)5-8(3)10(9)11(12,13)14/h5-6H,4H2,1-3H3. The molecule has 78 valence electrons. The van der Waals surface area contributed by atoms with Crippen LogP contribution >= 0.6 is 0 Å². The third-order valence-electron chi connectivity index (χ3n) is 2.23. The van der Waals surface area contributed by atoms with E-state index in [2.05, 4.69) is 0 Å². The van der Waals surface area contributed by atoms with E-state index in [1.807, 2.05) is 6.92 Å². The van der Waals surface area contributed by atoms with Gasteiger partial charge in [-0.15, -0.1) is 0 Å². The van der Waals surface area contributed by atoms with Crippen molar-refractivity contribution >= 4 is 0 Å². The van der Waals surface area contributed by atoms with Crippen molar-refractivity contribution in [2.75, 3.05) is 0 Å². The van der Waals surface area contributed by atoms with Gasteiger partial charge >= 0.3 is 6.18 Å². The fraction of sp³-hybridized carbons (Fsp3) is 0.455. The van der Waals surface area contributed by atoms with Gasteiger partial charge in [0.25, 0.3) is 0 Å². The average molecular weight is 202 g/mol. The Morgan fingerprint density at radius 2 is 1.71 bits per heavy atom. The summed E-state index contributed by atoms with van der Waals surface area (Å²) in [6.45, 7) is 5.06. The smallest absolute Gasteiger partial charge is 0.166 e. The minimum absolute atomic E-state index is 0.314. The van der Waals surface area contributed by atoms with Gasteiger partial charge < -0.3 is 0 Å². The van der Waals surface area contributed by atoms with Crippen molar-refractivity contribution in [2.24, 2.45) is 0 Å². The number of rotatable bonds is 1. The maximum absolute atomic E-state index is 12.6. The molecule has 0 aromatic heterocycles. The molecule has 0 aliphatic heterocycles. The van der Waals surface area contributed by atoms with Crippen molar-refractivity contribution in [1.29, 1.82) is 0 Å². The maximum Gasteiger partial charge on any atom is 0.416 e. The Morgan fingerprint density at radius 1 is 1.14 bits per heavy atom. The number of halogens is 3. The number of hydrogen-bond donors (Lipinski definition) is 0. The summed E-state index contributed by atoms with van der Waals surface area (Å²) in [6.07, 6.45) is -3.82. The van der Waals surface area contributed by atoms with Crippen LogP contribution in [0.2, 0.25) is 0 Å². The van der Waals surface area contributed by atoms with Crippen LogP contribution in [0.1, 0.15) is 29.2 Å². The van der Waals surface area contributed by atoms with Gasteiger partial charge in [-0.3, -0.25) is 0 Å². The first kappa shape index (κ1) is 11.1. The molecule has 1 aromatic rings. The Bertz CT molecular complexity index is 337. The third kappa shape index (κ3) is 2.08. The molecule has 0 nitrogen and oxygen atoms in total. The molecule has 0 unspecified atom stereocenters. The molecular weight excluding hydrogens is 189 g/mol. The second-order valence-electron chi connectivity index (χ2n) is 3.47. The lowest BCUT2D eigenvalue weighted by molar-refractivity contribution is -0.138. The molecule has 3 heteroatoms. The van der Waals surface area contributed by atoms with E-state index in [1.165, 1.54) is 6.92 Å². The first-order chi connectivity index (χ1) is 6.36. The minimum atomic E-state index is -4.23. The van der Waals surface area contributed by atoms with Crippen molar-refractivity contribution in [3.05, 3.63) is 34.4 Å². The van der Waals surface area contributed by atoms with Crippen LogP contribution < -0.4 is 0 Å². The summed E-state index contributed by atoms with van der Waals surface area (Å²) in [7, 11) is 0. The van der Waals surface area contributed by atoms with Crippen LogP contribution in [0.4, 0.5) is 13.2 Å². The Kier molecular flexibility index (Phi) is 2.88. The Hall–Kier alpha value is -0.990. The van der Waals surface area contributed by atoms with Crippen molar-refractivity contribution in [1.82, 2.24) is 0 Å². The van der Waals surface area contributed by atoms with Crippen molar-refractivity contribution < 1.29 is 13.2 Å². The van der Waals surface area contributed by atoms with Crippen LogP contribution in [0.15, 0.2) is 12.1 Å². The van der Waals surface area contributed by atoms with E-state index in [4.69, 9.17) is 0 Å². The maximum atomic E-state index is 12.6. The molecule has 0 saturated heterocycles. The lowest BCUT2D eigenvalue weighted by Gasteiger charge is -2.15. The molecule has 0 aliphatic rings. The second-order valence-corrected chi connectivity index (χ2v) is 3.47. The van der Waals surface area contributed by atoms with E-state index < -0.39 is 11.7 Å². The lowest BCUT2D eigenvalue weighted by Crippen LogP contribution is -2.11. The minimum Gasteiger partial charge on any atom is -0.166 e. The second kappa shape index (κ2) is 3.64. The van der Waals surface area contributed by atoms with Crippen molar-refractivity contribution in [2.45, 2.75) is 33.4 Å². The summed E-state index contributed by atoms with van der Waals surface area (Å²) in [5.74, 6) is 0. The molecule has 1 aromatic carbocycles. The zero-order valence-electron chi connectivity index (χ0n) is 8.50. The first-order valence-corrected chi connectivity index (χ1v) is 4.53. The van der Waals surface area contributed by atoms with Crippen LogP contribution in [-0.4, -0.2) is 0 Å². The van der Waals surface area contributed by atoms with Gasteiger partial charge in [-0.1, -0.05) is 24.6 Å². The summed E-state index contributed by atoms with van der Waals surface area (Å²) in [5.41, 5.74) is 1.11. The van der Waals surface area contributed by atoms with Gasteiger partial charge in [0.05, 0.1) is 5.56 Å². The van der Waals surface area contributed by atoms with Crippen molar-refractivity contribution in [3.8, 4) is 0 Å². The largest absolute Gasteiger partial charge is 0.416 e. The van der Waals surface area contributed by atoms with Gasteiger partial charge in [-0.25, -0.2) is 0 Å². The third-order valence-corrected chi connectivity index (χ3v) is 2.23. The molecule has 0 saturated carbocycles. The van der Waals surface area contributed by atoms with E-state index >= 15 is 0 Å². The number of benzene rings is 1. The topological polar surface area (TPSA) is 0 Å². The first-order valence-electron chi connectivity index (χ1n) is 4.53. The highest BCUT2D eigenvalue weighted by Crippen LogP contribution is 2.35. The normalized spacial score (nSPS) is 11.9. The quantitative estimate of drug-likeness (QED) is 0.648. The van der Waals surface area contributed by atoms with E-state index in [1.54, 1.807) is 19.1 Å². The van der Waals surface area contributed by atoms with Crippen molar-refractivity contribution in [3.63, 3.8) is 0 Å². The Labute approximate surface area is 81.8 Å². The molecule has 0 bridgehead atoms. The van der Waals surface area contributed by atoms with Gasteiger partial charge in [0.2, 0.25) is 0 Å². The average Bonchev–Trinajstić information content (AvgIpc) is 1.99. The van der Waals surface area contributed by atoms with E-state index in [0.717, 1.165) is 5.56 Å². The predicted molar refractivity (Wildman–Crippen MR) is 50.3 cm³/mol. The fourth-order valence-electron chi connectivity index (χ4n) is 1.74. The molecule has 0 heterocycles. The van der Waals surface area contributed by atoms with Crippen LogP contribution in [0.5, 0.6) is 0 Å². The molecule has 0 fully saturated rings. The van der Waals surface area contributed by atoms with E-state index in [-0.39, 0.29) is 0 Å². The summed E-state index contributed by atoms with van der Waals surface area (Å²) in [6, 6.07) is 3.18. The molecule has 14 heavy (non-hydrogen) atoms. The highest BCUT2D eigenvalue weighted by atomic mass is 19.4. The molecular formula is C11H13F3. The van der Waals surface area contributed by atoms with Gasteiger partial charge in [0.1, 0.15) is 0 Å². The number of aryl methyl sites for hydroxylation is 3. The molecule has 0 radical (unpaired) electrons. The molecule has 0 spiro atoms. The van der Waals surface area contributed by atoms with E-state index in [9.17, 15) is 13.2 Å². The SMILES string of the molecule is CCc1cc(C)cc(C)c1C(F)(F)F. The Morgan fingerprint density at radius 3 is 2.14 bits per heavy atom. The van der Waals surface area contributed by atoms with Gasteiger partial charge in [0.15, 0.2) is 0 Å². The molecule has 0 N–H and O–H groups in total. The Balaban J connectivity index is 3.40. The zero-order chi connectivity index (χ0) is 10.9. The van der Waals surface area contributed by atoms with Gasteiger partial charge in [-0.2, -0.15) is 13.2 Å². The molecule has 0 aliphatic carbocycles. The van der Waals surface area contributed by atoms with Crippen LogP contribution in [0.25, 0.3) is 0 Å². The summed E-state index contributed by atoms with van der Waals surface area (Å²) < 4.78 is 37.9. The summed E-state index contributed by atoms with van der Waals surface area (Å²) in [4.78, 5) is 0. The lowest BCUT2D eigenvalue weighted by atomic mass is 9.97. The molecule has 1 rings (SSSR count). The fourth-order valence-corrected chi connectivity index (χ4v) is 1.74. The highest BCUT2D eigenvalue weighted by Gasteiger charge is 2.34. The van der Waals surface area contributed by atoms with E-state index in [0.29, 0.717) is 17.5 Å². The summed E-state index contributed by atoms with van der Waals surface area (Å²) in [5, 5.41) is 0. The number of alkyl halides is 3. The monoisotopic (exact) mass is 202 g/mol.